The first-order valence-electron chi connectivity index (χ1n) is 6.59. The number of hydrogen-bond acceptors (Lipinski definition) is 1. The van der Waals surface area contributed by atoms with E-state index in [-0.39, 0.29) is 5.69 Å². The number of aromatic nitrogens is 2. The normalized spacial score (nSPS) is 10.7. The van der Waals surface area contributed by atoms with Crippen LogP contribution in [0, 0.1) is 13.8 Å². The summed E-state index contributed by atoms with van der Waals surface area (Å²) in [5.41, 5.74) is 4.97. The van der Waals surface area contributed by atoms with Gasteiger partial charge < -0.3 is 4.98 Å². The quantitative estimate of drug-likeness (QED) is 0.756. The van der Waals surface area contributed by atoms with Gasteiger partial charge in [-0.05, 0) is 31.5 Å². The summed E-state index contributed by atoms with van der Waals surface area (Å²) in [6, 6.07) is 16.0. The van der Waals surface area contributed by atoms with Crippen molar-refractivity contribution in [2.75, 3.05) is 0 Å². The lowest BCUT2D eigenvalue weighted by Gasteiger charge is -2.01. The minimum atomic E-state index is -0.121. The molecule has 0 saturated carbocycles. The zero-order valence-electron chi connectivity index (χ0n) is 11.6. The van der Waals surface area contributed by atoms with E-state index in [9.17, 15) is 4.79 Å². The standard InChI is InChI=1S/C17H16N2O/c1-12-3-7-14(8-4-12)16-11-19(17(20)18-16)15-9-5-13(2)6-10-15/h3-11H,1-2H3,(H,18,20). The van der Waals surface area contributed by atoms with E-state index in [0.29, 0.717) is 0 Å². The van der Waals surface area contributed by atoms with Crippen LogP contribution in [0.2, 0.25) is 0 Å². The smallest absolute Gasteiger partial charge is 0.305 e. The van der Waals surface area contributed by atoms with Crippen molar-refractivity contribution in [3.63, 3.8) is 0 Å². The third-order valence-electron chi connectivity index (χ3n) is 3.39. The molecular formula is C17H16N2O. The van der Waals surface area contributed by atoms with Crippen LogP contribution in [-0.2, 0) is 0 Å². The number of aromatic amines is 1. The van der Waals surface area contributed by atoms with E-state index in [2.05, 4.69) is 4.98 Å². The average Bonchev–Trinajstić information content (AvgIpc) is 2.82. The molecule has 0 amide bonds. The Morgan fingerprint density at radius 2 is 1.40 bits per heavy atom. The number of nitrogens with one attached hydrogen (secondary N) is 1. The van der Waals surface area contributed by atoms with E-state index < -0.39 is 0 Å². The molecule has 0 unspecified atom stereocenters. The Morgan fingerprint density at radius 1 is 0.850 bits per heavy atom. The van der Waals surface area contributed by atoms with Crippen LogP contribution in [0.4, 0.5) is 0 Å². The Labute approximate surface area is 117 Å². The van der Waals surface area contributed by atoms with Crippen LogP contribution in [-0.4, -0.2) is 9.55 Å². The molecule has 0 spiro atoms. The first kappa shape index (κ1) is 12.5. The number of nitrogens with zero attached hydrogens (tertiary/aromatic N) is 1. The molecule has 0 bridgehead atoms. The molecule has 1 aromatic heterocycles. The predicted octanol–water partition coefficient (Wildman–Crippen LogP) is 3.45. The fraction of sp³-hybridized carbons (Fsp3) is 0.118. The highest BCUT2D eigenvalue weighted by Gasteiger charge is 2.06. The number of hydrogen-bond donors (Lipinski definition) is 1. The summed E-state index contributed by atoms with van der Waals surface area (Å²) in [6.45, 7) is 4.07. The number of H-pyrrole nitrogens is 1. The third kappa shape index (κ3) is 2.30. The molecule has 3 aromatic rings. The maximum absolute atomic E-state index is 12.1. The molecule has 0 atom stereocenters. The van der Waals surface area contributed by atoms with Gasteiger partial charge in [-0.2, -0.15) is 0 Å². The maximum Gasteiger partial charge on any atom is 0.330 e. The summed E-state index contributed by atoms with van der Waals surface area (Å²) in [5, 5.41) is 0. The minimum absolute atomic E-state index is 0.121. The molecule has 0 aliphatic rings. The van der Waals surface area contributed by atoms with Crippen LogP contribution >= 0.6 is 0 Å². The first-order valence-corrected chi connectivity index (χ1v) is 6.59. The highest BCUT2D eigenvalue weighted by atomic mass is 16.1. The van der Waals surface area contributed by atoms with Gasteiger partial charge in [0.2, 0.25) is 0 Å². The van der Waals surface area contributed by atoms with Crippen molar-refractivity contribution in [3.8, 4) is 16.9 Å². The van der Waals surface area contributed by atoms with Crippen molar-refractivity contribution in [2.45, 2.75) is 13.8 Å². The summed E-state index contributed by atoms with van der Waals surface area (Å²) in [5.74, 6) is 0. The number of aryl methyl sites for hydroxylation is 2. The van der Waals surface area contributed by atoms with E-state index in [4.69, 9.17) is 0 Å². The molecule has 3 rings (SSSR count). The molecule has 0 radical (unpaired) electrons. The van der Waals surface area contributed by atoms with Crippen molar-refractivity contribution in [1.29, 1.82) is 0 Å². The number of benzene rings is 2. The van der Waals surface area contributed by atoms with Gasteiger partial charge in [-0.25, -0.2) is 4.79 Å². The molecule has 3 heteroatoms. The van der Waals surface area contributed by atoms with Crippen LogP contribution < -0.4 is 5.69 Å². The van der Waals surface area contributed by atoms with E-state index in [1.54, 1.807) is 4.57 Å². The zero-order valence-corrected chi connectivity index (χ0v) is 11.6. The predicted molar refractivity (Wildman–Crippen MR) is 81.3 cm³/mol. The number of imidazole rings is 1. The molecule has 0 fully saturated rings. The lowest BCUT2D eigenvalue weighted by molar-refractivity contribution is 0.986. The Balaban J connectivity index is 2.05. The van der Waals surface area contributed by atoms with Gasteiger partial charge in [-0.3, -0.25) is 4.57 Å². The van der Waals surface area contributed by atoms with Gasteiger partial charge in [0, 0.05) is 6.20 Å². The summed E-state index contributed by atoms with van der Waals surface area (Å²) in [6.07, 6.45) is 1.84. The number of rotatable bonds is 2. The minimum Gasteiger partial charge on any atom is -0.305 e. The monoisotopic (exact) mass is 264 g/mol. The molecule has 1 heterocycles. The molecule has 0 saturated heterocycles. The van der Waals surface area contributed by atoms with Crippen molar-refractivity contribution in [1.82, 2.24) is 9.55 Å². The molecule has 0 aliphatic heterocycles. The zero-order chi connectivity index (χ0) is 14.1. The lowest BCUT2D eigenvalue weighted by atomic mass is 10.1. The van der Waals surface area contributed by atoms with Gasteiger partial charge in [0.25, 0.3) is 0 Å². The Kier molecular flexibility index (Phi) is 3.03. The average molecular weight is 264 g/mol. The van der Waals surface area contributed by atoms with E-state index in [0.717, 1.165) is 16.9 Å². The summed E-state index contributed by atoms with van der Waals surface area (Å²) < 4.78 is 1.63. The molecule has 100 valence electrons. The van der Waals surface area contributed by atoms with Crippen molar-refractivity contribution >= 4 is 0 Å². The van der Waals surface area contributed by atoms with Gasteiger partial charge in [0.05, 0.1) is 11.4 Å². The fourth-order valence-corrected chi connectivity index (χ4v) is 2.17. The summed E-state index contributed by atoms with van der Waals surface area (Å²) >= 11 is 0. The van der Waals surface area contributed by atoms with Crippen LogP contribution in [0.3, 0.4) is 0 Å². The van der Waals surface area contributed by atoms with Gasteiger partial charge in [0.15, 0.2) is 0 Å². The largest absolute Gasteiger partial charge is 0.330 e. The highest BCUT2D eigenvalue weighted by Crippen LogP contribution is 2.17. The van der Waals surface area contributed by atoms with Gasteiger partial charge >= 0.3 is 5.69 Å². The fourth-order valence-electron chi connectivity index (χ4n) is 2.17. The van der Waals surface area contributed by atoms with Gasteiger partial charge in [0.1, 0.15) is 0 Å². The Bertz CT molecular complexity index is 777. The second-order valence-electron chi connectivity index (χ2n) is 5.04. The molecule has 20 heavy (non-hydrogen) atoms. The second kappa shape index (κ2) is 4.85. The first-order chi connectivity index (χ1) is 9.63. The third-order valence-corrected chi connectivity index (χ3v) is 3.39. The maximum atomic E-state index is 12.1. The van der Waals surface area contributed by atoms with Gasteiger partial charge in [-0.15, -0.1) is 0 Å². The van der Waals surface area contributed by atoms with Crippen LogP contribution in [0.15, 0.2) is 59.5 Å². The molecular weight excluding hydrogens is 248 g/mol. The van der Waals surface area contributed by atoms with E-state index >= 15 is 0 Å². The summed E-state index contributed by atoms with van der Waals surface area (Å²) in [4.78, 5) is 15.0. The van der Waals surface area contributed by atoms with Crippen LogP contribution in [0.5, 0.6) is 0 Å². The summed E-state index contributed by atoms with van der Waals surface area (Å²) in [7, 11) is 0. The molecule has 2 aromatic carbocycles. The Morgan fingerprint density at radius 3 is 2.00 bits per heavy atom. The van der Waals surface area contributed by atoms with Crippen LogP contribution in [0.1, 0.15) is 11.1 Å². The van der Waals surface area contributed by atoms with Crippen molar-refractivity contribution < 1.29 is 0 Å². The lowest BCUT2D eigenvalue weighted by Crippen LogP contribution is -2.13. The van der Waals surface area contributed by atoms with Crippen molar-refractivity contribution in [3.05, 3.63) is 76.3 Å². The molecule has 3 nitrogen and oxygen atoms in total. The SMILES string of the molecule is Cc1ccc(-c2cn(-c3ccc(C)cc3)c(=O)[nH]2)cc1. The Hall–Kier alpha value is -2.55. The highest BCUT2D eigenvalue weighted by molar-refractivity contribution is 5.59. The molecule has 0 aliphatic carbocycles. The molecule has 1 N–H and O–H groups in total. The van der Waals surface area contributed by atoms with Gasteiger partial charge in [-0.1, -0.05) is 47.5 Å². The topological polar surface area (TPSA) is 37.8 Å². The van der Waals surface area contributed by atoms with E-state index in [1.165, 1.54) is 11.1 Å². The van der Waals surface area contributed by atoms with E-state index in [1.807, 2.05) is 68.6 Å². The second-order valence-corrected chi connectivity index (χ2v) is 5.04. The van der Waals surface area contributed by atoms with Crippen molar-refractivity contribution in [2.24, 2.45) is 0 Å². The van der Waals surface area contributed by atoms with Crippen LogP contribution in [0.25, 0.3) is 16.9 Å².